The summed E-state index contributed by atoms with van der Waals surface area (Å²) < 4.78 is 0. The van der Waals surface area contributed by atoms with Gasteiger partial charge in [0.15, 0.2) is 5.82 Å². The molecule has 1 radical (unpaired) electrons. The van der Waals surface area contributed by atoms with Gasteiger partial charge in [-0.15, -0.1) is 0 Å². The van der Waals surface area contributed by atoms with Crippen molar-refractivity contribution in [1.82, 2.24) is 34.9 Å². The average molecular weight is 744 g/mol. The minimum absolute atomic E-state index is 0. The number of aromatic nitrogens is 7. The van der Waals surface area contributed by atoms with E-state index < -0.39 is 0 Å². The molecule has 0 amide bonds. The Morgan fingerprint density at radius 2 is 1.21 bits per heavy atom. The van der Waals surface area contributed by atoms with Gasteiger partial charge in [-0.2, -0.15) is 0 Å². The van der Waals surface area contributed by atoms with Crippen molar-refractivity contribution in [2.45, 2.75) is 75.7 Å². The summed E-state index contributed by atoms with van der Waals surface area (Å²) >= 11 is 0. The summed E-state index contributed by atoms with van der Waals surface area (Å²) in [4.78, 5) is 33.9. The van der Waals surface area contributed by atoms with Crippen LogP contribution in [0.25, 0.3) is 62.2 Å². The van der Waals surface area contributed by atoms with Crippen LogP contribution >= 0.6 is 0 Å². The molecule has 275 valence electrons. The summed E-state index contributed by atoms with van der Waals surface area (Å²) in [6, 6.07) is 7.52. The van der Waals surface area contributed by atoms with Gasteiger partial charge in [-0.1, -0.05) is 146 Å². The Balaban J connectivity index is 0.00000184. The van der Waals surface area contributed by atoms with Gasteiger partial charge in [-0.25, -0.2) is 15.0 Å². The molecule has 52 heavy (non-hydrogen) atoms. The molecule has 0 unspecified atom stereocenters. The third kappa shape index (κ3) is 10.2. The van der Waals surface area contributed by atoms with Crippen molar-refractivity contribution in [1.29, 1.82) is 0 Å². The molecule has 2 aliphatic heterocycles. The monoisotopic (exact) mass is 743 g/mol. The van der Waals surface area contributed by atoms with Crippen LogP contribution in [0, 0.1) is 0 Å². The molecule has 0 saturated carbocycles. The van der Waals surface area contributed by atoms with E-state index in [1.807, 2.05) is 136 Å². The molecule has 1 aromatic carbocycles. The Bertz CT molecular complexity index is 2080. The predicted octanol–water partition coefficient (Wildman–Crippen LogP) is 12.3. The Morgan fingerprint density at radius 1 is 0.635 bits per heavy atom. The second kappa shape index (κ2) is 23.3. The SMILES string of the molecule is C=CC1=C(/C=C\C)c2ncc3ccccc3c([NH-])nc3nc(nc4[n-]c(nc1n2)c(C=C)c4/C=C\C)C(C/C=C\C)=C3/C=C\C.CC.CC.CC.[Cu+2]. The van der Waals surface area contributed by atoms with Crippen LogP contribution in [0.3, 0.4) is 0 Å². The van der Waals surface area contributed by atoms with E-state index in [0.29, 0.717) is 51.8 Å². The number of hydrogen-bond donors (Lipinski definition) is 0. The molecule has 9 heteroatoms. The molecule has 0 aliphatic carbocycles. The zero-order valence-corrected chi connectivity index (χ0v) is 33.2. The molecule has 6 bridgehead atoms. The minimum Gasteiger partial charge on any atom is -0.482 e. The van der Waals surface area contributed by atoms with Crippen molar-refractivity contribution in [2.24, 2.45) is 0 Å². The number of hydrogen-bond acceptors (Lipinski definition) is 6. The largest absolute Gasteiger partial charge is 2.00 e. The van der Waals surface area contributed by atoms with E-state index in [1.54, 1.807) is 18.3 Å². The van der Waals surface area contributed by atoms with E-state index in [0.717, 1.165) is 33.4 Å². The van der Waals surface area contributed by atoms with Gasteiger partial charge in [-0.05, 0) is 61.6 Å². The van der Waals surface area contributed by atoms with Crippen LogP contribution in [0.15, 0.2) is 92.2 Å². The van der Waals surface area contributed by atoms with Gasteiger partial charge in [0, 0.05) is 34.2 Å². The second-order valence-corrected chi connectivity index (χ2v) is 10.0. The topological polar surface area (TPSA) is 115 Å². The summed E-state index contributed by atoms with van der Waals surface area (Å²) in [5, 5.41) is 1.32. The molecule has 8 nitrogen and oxygen atoms in total. The fourth-order valence-electron chi connectivity index (χ4n) is 5.10. The summed E-state index contributed by atoms with van der Waals surface area (Å²) in [5.41, 5.74) is 14.6. The molecule has 1 N–H and O–H groups in total. The van der Waals surface area contributed by atoms with Crippen molar-refractivity contribution >= 4 is 62.3 Å². The van der Waals surface area contributed by atoms with E-state index in [1.165, 1.54) is 0 Å². The third-order valence-electron chi connectivity index (χ3n) is 7.16. The summed E-state index contributed by atoms with van der Waals surface area (Å²) in [6.07, 6.45) is 21.4. The molecule has 0 fully saturated rings. The first kappa shape index (κ1) is 44.8. The van der Waals surface area contributed by atoms with Crippen LogP contribution < -0.4 is 4.98 Å². The molecule has 0 atom stereocenters. The third-order valence-corrected chi connectivity index (χ3v) is 7.16. The van der Waals surface area contributed by atoms with Crippen LogP contribution in [0.2, 0.25) is 0 Å². The van der Waals surface area contributed by atoms with Gasteiger partial charge in [0.25, 0.3) is 0 Å². The van der Waals surface area contributed by atoms with E-state index in [2.05, 4.69) is 19.2 Å². The maximum Gasteiger partial charge on any atom is 2.00 e. The van der Waals surface area contributed by atoms with Crippen molar-refractivity contribution in [3.63, 3.8) is 0 Å². The second-order valence-electron chi connectivity index (χ2n) is 10.0. The van der Waals surface area contributed by atoms with E-state index in [-0.39, 0.29) is 22.9 Å². The molecule has 5 rings (SSSR count). The van der Waals surface area contributed by atoms with Crippen LogP contribution in [-0.4, -0.2) is 29.9 Å². The smallest absolute Gasteiger partial charge is 0.482 e. The molecule has 2 aromatic heterocycles. The summed E-state index contributed by atoms with van der Waals surface area (Å²) in [6.45, 7) is 27.9. The van der Waals surface area contributed by atoms with Gasteiger partial charge in [0.1, 0.15) is 0 Å². The number of allylic oxidation sites excluding steroid dienone is 12. The van der Waals surface area contributed by atoms with E-state index in [4.69, 9.17) is 40.6 Å². The number of nitrogens with zero attached hydrogens (tertiary/aromatic N) is 7. The Kier molecular flexibility index (Phi) is 20.0. The van der Waals surface area contributed by atoms with Crippen molar-refractivity contribution in [3.8, 4) is 0 Å². The minimum atomic E-state index is 0. The first-order valence-electron chi connectivity index (χ1n) is 17.7. The normalized spacial score (nSPS) is 12.1. The maximum atomic E-state index is 9.04. The molecule has 0 spiro atoms. The summed E-state index contributed by atoms with van der Waals surface area (Å²) in [5.74, 6) is 1.85. The Morgan fingerprint density at radius 3 is 1.83 bits per heavy atom. The predicted molar refractivity (Wildman–Crippen MR) is 221 cm³/mol. The summed E-state index contributed by atoms with van der Waals surface area (Å²) in [7, 11) is 0. The van der Waals surface area contributed by atoms with Gasteiger partial charge in [0.2, 0.25) is 0 Å². The molecule has 0 saturated heterocycles. The number of rotatable bonds is 7. The standard InChI is InChI=1S/C37H34N8.3C2H6.Cu/c1-7-13-20-30-29(18-10-4)35-40-31(38)26-21-15-14-19-23(26)22-39-32-27(16-8-2)24(11-5)33(41-32)42-34-25(12-6)28(17-9-3)36(43-34)45-37(30)44-35;3*1-2;/h7-19,21-22H,5-6,20H2,1-4H3,(H-2,38,39,40,41,42,43,44,45);3*1-2H3;/q-2;;;;+2/b13-7-,16-8-,17-9-,18-10-;;;;. The maximum absolute atomic E-state index is 9.04. The van der Waals surface area contributed by atoms with Crippen LogP contribution in [0.4, 0.5) is 5.82 Å². The van der Waals surface area contributed by atoms with Gasteiger partial charge < -0.3 is 25.7 Å². The van der Waals surface area contributed by atoms with E-state index >= 15 is 0 Å². The van der Waals surface area contributed by atoms with Crippen molar-refractivity contribution in [2.75, 3.05) is 0 Å². The quantitative estimate of drug-likeness (QED) is 0.175. The van der Waals surface area contributed by atoms with Crippen molar-refractivity contribution < 1.29 is 17.1 Å². The fraction of sp³-hybridized carbons (Fsp3) is 0.256. The fourth-order valence-corrected chi connectivity index (χ4v) is 5.10. The zero-order valence-electron chi connectivity index (χ0n) is 32.2. The average Bonchev–Trinajstić information content (AvgIpc) is 3.78. The van der Waals surface area contributed by atoms with Crippen LogP contribution in [0.1, 0.15) is 110 Å². The van der Waals surface area contributed by atoms with Crippen LogP contribution in [0.5, 0.6) is 0 Å². The van der Waals surface area contributed by atoms with Gasteiger partial charge >= 0.3 is 17.1 Å². The van der Waals surface area contributed by atoms with Crippen molar-refractivity contribution in [3.05, 3.63) is 132 Å². The first-order valence-corrected chi connectivity index (χ1v) is 17.7. The molecular weight excluding hydrogens is 692 g/mol. The number of benzene rings is 1. The number of fused-ring (bicyclic) bond motifs is 7. The first-order chi connectivity index (χ1) is 25.0. The molecule has 4 heterocycles. The van der Waals surface area contributed by atoms with Gasteiger partial charge in [0.05, 0.1) is 17.5 Å². The van der Waals surface area contributed by atoms with E-state index in [9.17, 15) is 0 Å². The molecule has 2 aliphatic rings. The Hall–Kier alpha value is -5.24. The molecule has 3 aromatic rings. The van der Waals surface area contributed by atoms with Gasteiger partial charge in [-0.3, -0.25) is 0 Å². The van der Waals surface area contributed by atoms with Crippen LogP contribution in [-0.2, 0) is 17.1 Å². The zero-order chi connectivity index (χ0) is 37.9. The molecular formula is C43H52CuN8. The Labute approximate surface area is 321 Å². The number of nitrogens with one attached hydrogen (secondary N) is 1.